The molecule has 0 aliphatic carbocycles. The van der Waals surface area contributed by atoms with E-state index in [0.717, 1.165) is 26.2 Å². The molecule has 18 heavy (non-hydrogen) atoms. The van der Waals surface area contributed by atoms with E-state index in [2.05, 4.69) is 20.6 Å². The van der Waals surface area contributed by atoms with Gasteiger partial charge in [-0.3, -0.25) is 24.7 Å². The first-order chi connectivity index (χ1) is 8.63. The summed E-state index contributed by atoms with van der Waals surface area (Å²) in [5, 5.41) is 12.6. The highest BCUT2D eigenvalue weighted by Gasteiger charge is 2.34. The maximum atomic E-state index is 11.5. The predicted molar refractivity (Wildman–Crippen MR) is 65.6 cm³/mol. The Bertz CT molecular complexity index is 294. The van der Waals surface area contributed by atoms with Gasteiger partial charge in [-0.1, -0.05) is 0 Å². The molecule has 2 saturated heterocycles. The average molecular weight is 258 g/mol. The van der Waals surface area contributed by atoms with Crippen LogP contribution in [0.1, 0.15) is 6.92 Å². The lowest BCUT2D eigenvalue weighted by atomic mass is 10.1. The third-order valence-corrected chi connectivity index (χ3v) is 3.83. The van der Waals surface area contributed by atoms with Crippen LogP contribution >= 0.6 is 0 Å². The van der Waals surface area contributed by atoms with Crippen molar-refractivity contribution >= 4 is 5.91 Å². The lowest BCUT2D eigenvalue weighted by Gasteiger charge is -2.40. The molecule has 2 heterocycles. The second-order valence-electron chi connectivity index (χ2n) is 4.84. The molecule has 104 valence electrons. The number of aliphatic hydroxyl groups is 1. The van der Waals surface area contributed by atoms with Crippen LogP contribution in [-0.4, -0.2) is 79.0 Å². The second kappa shape index (κ2) is 5.94. The van der Waals surface area contributed by atoms with Gasteiger partial charge in [0, 0.05) is 32.2 Å². The van der Waals surface area contributed by atoms with Crippen LogP contribution in [0.4, 0.5) is 0 Å². The number of aliphatic hydroxyl groups excluding tert-OH is 1. The Hall–Kier alpha value is -0.730. The number of nitrogens with one attached hydrogen (secondary N) is 2. The molecule has 3 N–H and O–H groups in total. The fourth-order valence-corrected chi connectivity index (χ4v) is 2.50. The summed E-state index contributed by atoms with van der Waals surface area (Å²) < 4.78 is 0. The molecule has 0 bridgehead atoms. The molecule has 0 aromatic heterocycles. The van der Waals surface area contributed by atoms with Crippen molar-refractivity contribution in [3.05, 3.63) is 0 Å². The number of likely N-dealkylation sites (N-methyl/N-ethyl adjacent to an activating group) is 1. The Morgan fingerprint density at radius 1 is 1.44 bits per heavy atom. The molecule has 0 aromatic rings. The first kappa shape index (κ1) is 13.7. The van der Waals surface area contributed by atoms with Crippen molar-refractivity contribution in [3.63, 3.8) is 0 Å². The van der Waals surface area contributed by atoms with Gasteiger partial charge in [0.15, 0.2) is 0 Å². The Balaban J connectivity index is 1.82. The summed E-state index contributed by atoms with van der Waals surface area (Å²) in [4.78, 5) is 20.8. The Labute approximate surface area is 107 Å². The second-order valence-corrected chi connectivity index (χ2v) is 4.84. The molecule has 0 aromatic carbocycles. The van der Waals surface area contributed by atoms with E-state index in [1.165, 1.54) is 0 Å². The zero-order chi connectivity index (χ0) is 13.1. The lowest BCUT2D eigenvalue weighted by molar-refractivity contribution is -0.127. The maximum Gasteiger partial charge on any atom is 0.263 e. The molecule has 0 saturated carbocycles. The number of nitrogens with zero attached hydrogens (tertiary/aromatic N) is 2. The Morgan fingerprint density at radius 3 is 2.61 bits per heavy atom. The SMILES string of the molecule is CN[C@@H](O)C(C)N1CCN(C2CONC2=O)CC1. The largest absolute Gasteiger partial charge is 0.377 e. The van der Waals surface area contributed by atoms with Gasteiger partial charge in [0.05, 0.1) is 6.61 Å². The number of piperazine rings is 1. The van der Waals surface area contributed by atoms with E-state index in [1.807, 2.05) is 6.92 Å². The number of amides is 1. The lowest BCUT2D eigenvalue weighted by Crippen LogP contribution is -2.58. The van der Waals surface area contributed by atoms with Crippen LogP contribution in [0.25, 0.3) is 0 Å². The molecule has 2 aliphatic rings. The van der Waals surface area contributed by atoms with Crippen molar-refractivity contribution in [2.45, 2.75) is 25.2 Å². The summed E-state index contributed by atoms with van der Waals surface area (Å²) >= 11 is 0. The van der Waals surface area contributed by atoms with Gasteiger partial charge in [-0.25, -0.2) is 5.48 Å². The summed E-state index contributed by atoms with van der Waals surface area (Å²) in [6.45, 7) is 5.77. The van der Waals surface area contributed by atoms with Gasteiger partial charge in [-0.2, -0.15) is 0 Å². The fourth-order valence-electron chi connectivity index (χ4n) is 2.50. The molecular weight excluding hydrogens is 236 g/mol. The van der Waals surface area contributed by atoms with Gasteiger partial charge in [-0.05, 0) is 14.0 Å². The number of rotatable bonds is 4. The first-order valence-electron chi connectivity index (χ1n) is 6.38. The molecule has 7 heteroatoms. The summed E-state index contributed by atoms with van der Waals surface area (Å²) in [6, 6.07) is -0.0810. The standard InChI is InChI=1S/C11H22N4O3/c1-8(10(16)12-2)14-3-5-15(6-4-14)9-7-18-13-11(9)17/h8-10,12,16H,3-7H2,1-2H3,(H,13,17)/t8?,9?,10-/m0/s1. The fraction of sp³-hybridized carbons (Fsp3) is 0.909. The van der Waals surface area contributed by atoms with Gasteiger partial charge in [-0.15, -0.1) is 0 Å². The number of hydrogen-bond acceptors (Lipinski definition) is 6. The third kappa shape index (κ3) is 2.81. The number of hydrogen-bond donors (Lipinski definition) is 3. The van der Waals surface area contributed by atoms with Crippen LogP contribution in [0.3, 0.4) is 0 Å². The smallest absolute Gasteiger partial charge is 0.263 e. The molecule has 7 nitrogen and oxygen atoms in total. The topological polar surface area (TPSA) is 77.1 Å². The van der Waals surface area contributed by atoms with Crippen LogP contribution < -0.4 is 10.8 Å². The molecule has 2 aliphatic heterocycles. The van der Waals surface area contributed by atoms with Crippen molar-refractivity contribution in [1.29, 1.82) is 0 Å². The zero-order valence-electron chi connectivity index (χ0n) is 10.9. The summed E-state index contributed by atoms with van der Waals surface area (Å²) in [5.74, 6) is -0.0493. The van der Waals surface area contributed by atoms with Crippen molar-refractivity contribution < 1.29 is 14.7 Å². The molecule has 2 fully saturated rings. The minimum atomic E-state index is -0.519. The molecule has 0 spiro atoms. The molecule has 2 rings (SSSR count). The number of carbonyl (C=O) groups is 1. The van der Waals surface area contributed by atoms with E-state index in [-0.39, 0.29) is 18.0 Å². The Morgan fingerprint density at radius 2 is 2.11 bits per heavy atom. The van der Waals surface area contributed by atoms with Crippen LogP contribution in [0.5, 0.6) is 0 Å². The van der Waals surface area contributed by atoms with Crippen LogP contribution in [0, 0.1) is 0 Å². The van der Waals surface area contributed by atoms with E-state index < -0.39 is 6.23 Å². The highest BCUT2D eigenvalue weighted by atomic mass is 16.7. The normalized spacial score (nSPS) is 30.2. The monoisotopic (exact) mass is 258 g/mol. The summed E-state index contributed by atoms with van der Waals surface area (Å²) in [5.41, 5.74) is 2.38. The van der Waals surface area contributed by atoms with Crippen molar-refractivity contribution in [2.24, 2.45) is 0 Å². The highest BCUT2D eigenvalue weighted by Crippen LogP contribution is 2.13. The van der Waals surface area contributed by atoms with E-state index in [0.29, 0.717) is 6.61 Å². The van der Waals surface area contributed by atoms with E-state index >= 15 is 0 Å². The molecule has 2 unspecified atom stereocenters. The summed E-state index contributed by atoms with van der Waals surface area (Å²) in [6.07, 6.45) is -0.519. The van der Waals surface area contributed by atoms with E-state index in [4.69, 9.17) is 4.84 Å². The van der Waals surface area contributed by atoms with Gasteiger partial charge in [0.1, 0.15) is 12.3 Å². The van der Waals surface area contributed by atoms with Crippen LogP contribution in [0.2, 0.25) is 0 Å². The van der Waals surface area contributed by atoms with Gasteiger partial charge in [0.2, 0.25) is 0 Å². The number of carbonyl (C=O) groups excluding carboxylic acids is 1. The van der Waals surface area contributed by atoms with Gasteiger partial charge < -0.3 is 5.11 Å². The van der Waals surface area contributed by atoms with Crippen molar-refractivity contribution in [1.82, 2.24) is 20.6 Å². The highest BCUT2D eigenvalue weighted by molar-refractivity contribution is 5.82. The van der Waals surface area contributed by atoms with E-state index in [9.17, 15) is 9.90 Å². The quantitative estimate of drug-likeness (QED) is 0.504. The third-order valence-electron chi connectivity index (χ3n) is 3.83. The molecular formula is C11H22N4O3. The zero-order valence-corrected chi connectivity index (χ0v) is 10.9. The van der Waals surface area contributed by atoms with Gasteiger partial charge in [0.25, 0.3) is 5.91 Å². The van der Waals surface area contributed by atoms with Crippen LogP contribution in [-0.2, 0) is 9.63 Å². The summed E-state index contributed by atoms with van der Waals surface area (Å²) in [7, 11) is 1.75. The van der Waals surface area contributed by atoms with Gasteiger partial charge >= 0.3 is 0 Å². The number of hydroxylamine groups is 1. The predicted octanol–water partition coefficient (Wildman–Crippen LogP) is -2.04. The average Bonchev–Trinajstić information content (AvgIpc) is 2.83. The van der Waals surface area contributed by atoms with E-state index in [1.54, 1.807) is 7.05 Å². The first-order valence-corrected chi connectivity index (χ1v) is 6.38. The maximum absolute atomic E-state index is 11.5. The van der Waals surface area contributed by atoms with Crippen molar-refractivity contribution in [2.75, 3.05) is 39.8 Å². The molecule has 3 atom stereocenters. The molecule has 0 radical (unpaired) electrons. The Kier molecular flexibility index (Phi) is 4.52. The van der Waals surface area contributed by atoms with Crippen LogP contribution in [0.15, 0.2) is 0 Å². The van der Waals surface area contributed by atoms with Crippen molar-refractivity contribution in [3.8, 4) is 0 Å². The molecule has 1 amide bonds. The minimum absolute atomic E-state index is 0.0493. The minimum Gasteiger partial charge on any atom is -0.377 e.